The fraction of sp³-hybridized carbons (Fsp3) is 0.167. The number of hydrogen-bond donors (Lipinski definition) is 0. The summed E-state index contributed by atoms with van der Waals surface area (Å²) in [5.41, 5.74) is 0. The van der Waals surface area contributed by atoms with Crippen molar-refractivity contribution in [2.24, 2.45) is 0 Å². The van der Waals surface area contributed by atoms with Crippen LogP contribution in [0.2, 0.25) is 10.2 Å². The molecule has 0 saturated carbocycles. The molecule has 1 aromatic heterocycles. The van der Waals surface area contributed by atoms with E-state index in [1.54, 1.807) is 6.07 Å². The maximum atomic E-state index is 13.7. The summed E-state index contributed by atoms with van der Waals surface area (Å²) in [6.07, 6.45) is 0. The van der Waals surface area contributed by atoms with E-state index in [2.05, 4.69) is 9.97 Å². The quantitative estimate of drug-likeness (QED) is 0.804. The molecule has 0 amide bonds. The zero-order chi connectivity index (χ0) is 13.8. The van der Waals surface area contributed by atoms with E-state index >= 15 is 0 Å². The number of benzene rings is 1. The summed E-state index contributed by atoms with van der Waals surface area (Å²) in [5, 5.41) is 0.147. The van der Waals surface area contributed by atoms with E-state index in [0.29, 0.717) is 5.82 Å². The Morgan fingerprint density at radius 3 is 2.79 bits per heavy atom. The Morgan fingerprint density at radius 1 is 1.26 bits per heavy atom. The Hall–Kier alpha value is -1.43. The molecule has 2 rings (SSSR count). The van der Waals surface area contributed by atoms with Gasteiger partial charge in [-0.1, -0.05) is 29.3 Å². The summed E-state index contributed by atoms with van der Waals surface area (Å²) in [7, 11) is 1.50. The van der Waals surface area contributed by atoms with Gasteiger partial charge in [0.15, 0.2) is 17.4 Å². The summed E-state index contributed by atoms with van der Waals surface area (Å²) in [6, 6.07) is 5.81. The van der Waals surface area contributed by atoms with Crippen LogP contribution in [-0.4, -0.2) is 17.1 Å². The first-order chi connectivity index (χ1) is 9.10. The Bertz CT molecular complexity index is 596. The zero-order valence-corrected chi connectivity index (χ0v) is 11.4. The summed E-state index contributed by atoms with van der Waals surface area (Å²) in [4.78, 5) is 7.97. The van der Waals surface area contributed by atoms with Crippen molar-refractivity contribution in [2.45, 2.75) is 6.61 Å². The molecule has 19 heavy (non-hydrogen) atoms. The van der Waals surface area contributed by atoms with E-state index in [4.69, 9.17) is 32.7 Å². The molecule has 0 fully saturated rings. The number of methoxy groups -OCH3 is 1. The second kappa shape index (κ2) is 6.14. The standard InChI is InChI=1S/C12H9Cl2FN2O2/c1-18-6-10-16-9(14)5-11(17-10)19-8-4-2-3-7(13)12(8)15/h2-5H,6H2,1H3. The molecule has 4 nitrogen and oxygen atoms in total. The molecule has 0 unspecified atom stereocenters. The molecule has 0 atom stereocenters. The Balaban J connectivity index is 2.30. The maximum Gasteiger partial charge on any atom is 0.224 e. The number of ether oxygens (including phenoxy) is 2. The minimum Gasteiger partial charge on any atom is -0.436 e. The second-order valence-electron chi connectivity index (χ2n) is 3.53. The smallest absolute Gasteiger partial charge is 0.224 e. The lowest BCUT2D eigenvalue weighted by molar-refractivity contribution is 0.177. The third kappa shape index (κ3) is 3.53. The Morgan fingerprint density at radius 2 is 2.05 bits per heavy atom. The normalized spacial score (nSPS) is 10.5. The zero-order valence-electron chi connectivity index (χ0n) is 9.86. The molecule has 0 saturated heterocycles. The molecule has 0 aliphatic heterocycles. The van der Waals surface area contributed by atoms with E-state index in [0.717, 1.165) is 0 Å². The van der Waals surface area contributed by atoms with Crippen LogP contribution in [0.1, 0.15) is 5.82 Å². The van der Waals surface area contributed by atoms with Gasteiger partial charge in [-0.2, -0.15) is 4.98 Å². The predicted molar refractivity (Wildman–Crippen MR) is 69.2 cm³/mol. The van der Waals surface area contributed by atoms with Crippen molar-refractivity contribution >= 4 is 23.2 Å². The van der Waals surface area contributed by atoms with E-state index < -0.39 is 5.82 Å². The van der Waals surface area contributed by atoms with Gasteiger partial charge in [0.25, 0.3) is 0 Å². The van der Waals surface area contributed by atoms with Crippen LogP contribution in [0.5, 0.6) is 11.6 Å². The van der Waals surface area contributed by atoms with Crippen molar-refractivity contribution in [1.29, 1.82) is 0 Å². The predicted octanol–water partition coefficient (Wildman–Crippen LogP) is 3.86. The molecule has 7 heteroatoms. The van der Waals surface area contributed by atoms with Crippen LogP contribution in [0, 0.1) is 5.82 Å². The van der Waals surface area contributed by atoms with E-state index in [9.17, 15) is 4.39 Å². The lowest BCUT2D eigenvalue weighted by Crippen LogP contribution is -2.00. The number of rotatable bonds is 4. The highest BCUT2D eigenvalue weighted by molar-refractivity contribution is 6.30. The van der Waals surface area contributed by atoms with Gasteiger partial charge in [0.1, 0.15) is 11.8 Å². The fourth-order valence-corrected chi connectivity index (χ4v) is 1.72. The van der Waals surface area contributed by atoms with Gasteiger partial charge in [-0.3, -0.25) is 0 Å². The Kier molecular flexibility index (Phi) is 4.52. The lowest BCUT2D eigenvalue weighted by atomic mass is 10.3. The van der Waals surface area contributed by atoms with Gasteiger partial charge in [-0.15, -0.1) is 0 Å². The van der Waals surface area contributed by atoms with Gasteiger partial charge in [-0.25, -0.2) is 9.37 Å². The third-order valence-corrected chi connectivity index (χ3v) is 2.61. The third-order valence-electron chi connectivity index (χ3n) is 2.12. The summed E-state index contributed by atoms with van der Waals surface area (Å²) < 4.78 is 23.9. The highest BCUT2D eigenvalue weighted by atomic mass is 35.5. The second-order valence-corrected chi connectivity index (χ2v) is 4.33. The maximum absolute atomic E-state index is 13.7. The molecule has 0 radical (unpaired) electrons. The van der Waals surface area contributed by atoms with Crippen LogP contribution in [-0.2, 0) is 11.3 Å². The van der Waals surface area contributed by atoms with Crippen molar-refractivity contribution in [3.8, 4) is 11.6 Å². The van der Waals surface area contributed by atoms with E-state index in [1.807, 2.05) is 0 Å². The van der Waals surface area contributed by atoms with Crippen molar-refractivity contribution < 1.29 is 13.9 Å². The van der Waals surface area contributed by atoms with E-state index in [-0.39, 0.29) is 28.4 Å². The van der Waals surface area contributed by atoms with Gasteiger partial charge in [0.05, 0.1) is 5.02 Å². The minimum absolute atomic E-state index is 0.0326. The average molecular weight is 303 g/mol. The number of halogens is 3. The first-order valence-corrected chi connectivity index (χ1v) is 6.00. The minimum atomic E-state index is -0.660. The average Bonchev–Trinajstić information content (AvgIpc) is 2.35. The van der Waals surface area contributed by atoms with E-state index in [1.165, 1.54) is 25.3 Å². The Labute approximate surface area is 119 Å². The van der Waals surface area contributed by atoms with Crippen molar-refractivity contribution in [3.05, 3.63) is 46.1 Å². The van der Waals surface area contributed by atoms with Crippen LogP contribution in [0.25, 0.3) is 0 Å². The van der Waals surface area contributed by atoms with Crippen molar-refractivity contribution in [1.82, 2.24) is 9.97 Å². The number of nitrogens with zero attached hydrogens (tertiary/aromatic N) is 2. The monoisotopic (exact) mass is 302 g/mol. The molecular formula is C12H9Cl2FN2O2. The van der Waals surface area contributed by atoms with Crippen LogP contribution in [0.4, 0.5) is 4.39 Å². The first-order valence-electron chi connectivity index (χ1n) is 5.24. The molecule has 2 aromatic rings. The molecule has 1 heterocycles. The number of aromatic nitrogens is 2. The topological polar surface area (TPSA) is 44.2 Å². The summed E-state index contributed by atoms with van der Waals surface area (Å²) in [5.74, 6) is -0.238. The molecule has 0 aliphatic carbocycles. The van der Waals surface area contributed by atoms with Gasteiger partial charge >= 0.3 is 0 Å². The fourth-order valence-electron chi connectivity index (χ4n) is 1.36. The van der Waals surface area contributed by atoms with Gasteiger partial charge < -0.3 is 9.47 Å². The molecule has 100 valence electrons. The highest BCUT2D eigenvalue weighted by Crippen LogP contribution is 2.28. The highest BCUT2D eigenvalue weighted by Gasteiger charge is 2.11. The largest absolute Gasteiger partial charge is 0.436 e. The van der Waals surface area contributed by atoms with Crippen LogP contribution < -0.4 is 4.74 Å². The van der Waals surface area contributed by atoms with Crippen LogP contribution in [0.15, 0.2) is 24.3 Å². The first kappa shape index (κ1) is 14.0. The molecule has 0 N–H and O–H groups in total. The molecular weight excluding hydrogens is 294 g/mol. The SMILES string of the molecule is COCc1nc(Cl)cc(Oc2cccc(Cl)c2F)n1. The summed E-state index contributed by atoms with van der Waals surface area (Å²) >= 11 is 11.5. The molecule has 0 aliphatic rings. The molecule has 0 bridgehead atoms. The molecule has 1 aromatic carbocycles. The molecule has 0 spiro atoms. The van der Waals surface area contributed by atoms with Gasteiger partial charge in [0.2, 0.25) is 5.88 Å². The lowest BCUT2D eigenvalue weighted by Gasteiger charge is -2.08. The number of hydrogen-bond acceptors (Lipinski definition) is 4. The van der Waals surface area contributed by atoms with Crippen LogP contribution >= 0.6 is 23.2 Å². The van der Waals surface area contributed by atoms with Gasteiger partial charge in [0, 0.05) is 13.2 Å². The van der Waals surface area contributed by atoms with Crippen molar-refractivity contribution in [2.75, 3.05) is 7.11 Å². The van der Waals surface area contributed by atoms with Crippen molar-refractivity contribution in [3.63, 3.8) is 0 Å². The van der Waals surface area contributed by atoms with Crippen LogP contribution in [0.3, 0.4) is 0 Å². The van der Waals surface area contributed by atoms with Gasteiger partial charge in [-0.05, 0) is 12.1 Å². The summed E-state index contributed by atoms with van der Waals surface area (Å²) in [6.45, 7) is 0.176.